The van der Waals surface area contributed by atoms with E-state index in [0.717, 1.165) is 18.0 Å². The van der Waals surface area contributed by atoms with Crippen LogP contribution in [0, 0.1) is 30.2 Å². The number of halogens is 1. The van der Waals surface area contributed by atoms with E-state index in [-0.39, 0.29) is 18.4 Å². The third-order valence-corrected chi connectivity index (χ3v) is 5.46. The van der Waals surface area contributed by atoms with Crippen LogP contribution >= 0.6 is 12.4 Å². The maximum absolute atomic E-state index is 11.1. The van der Waals surface area contributed by atoms with Crippen LogP contribution < -0.4 is 21.8 Å². The third-order valence-electron chi connectivity index (χ3n) is 5.46. The van der Waals surface area contributed by atoms with Crippen molar-refractivity contribution in [2.75, 3.05) is 10.6 Å². The van der Waals surface area contributed by atoms with Gasteiger partial charge in [0.05, 0.1) is 24.5 Å². The van der Waals surface area contributed by atoms with E-state index in [4.69, 9.17) is 19.1 Å². The van der Waals surface area contributed by atoms with Crippen molar-refractivity contribution in [2.45, 2.75) is 45.2 Å². The number of nitrogens with one attached hydrogen (secondary N) is 3. The molecule has 3 N–H and O–H groups in total. The molecule has 9 nitrogen and oxygen atoms in total. The Morgan fingerprint density at radius 1 is 1.34 bits per heavy atom. The molecule has 4 rings (SSSR count). The first-order valence-corrected chi connectivity index (χ1v) is 9.40. The highest BCUT2D eigenvalue weighted by Gasteiger charge is 2.39. The molecule has 0 aromatic carbocycles. The molecular formula is C19H23ClN6O3. The molecule has 3 unspecified atom stereocenters. The number of hydrogen-bond donors (Lipinski definition) is 3. The van der Waals surface area contributed by atoms with E-state index in [1.165, 1.54) is 19.3 Å². The Bertz CT molecular complexity index is 962. The quantitative estimate of drug-likeness (QED) is 0.292. The summed E-state index contributed by atoms with van der Waals surface area (Å²) in [6, 6.07) is 3.91. The Labute approximate surface area is 174 Å². The number of nitrogens with zero attached hydrogens (tertiary/aromatic N) is 3. The van der Waals surface area contributed by atoms with Gasteiger partial charge >= 0.3 is 5.82 Å². The van der Waals surface area contributed by atoms with Gasteiger partial charge in [-0.3, -0.25) is 5.32 Å². The van der Waals surface area contributed by atoms with E-state index >= 15 is 0 Å². The predicted octanol–water partition coefficient (Wildman–Crippen LogP) is 3.00. The average molecular weight is 419 g/mol. The number of aromatic nitrogens is 1. The van der Waals surface area contributed by atoms with Crippen LogP contribution in [0.3, 0.4) is 0 Å². The smallest absolute Gasteiger partial charge is 0.396 e. The van der Waals surface area contributed by atoms with Crippen LogP contribution in [-0.4, -0.2) is 17.0 Å². The summed E-state index contributed by atoms with van der Waals surface area (Å²) in [6.07, 6.45) is 8.50. The van der Waals surface area contributed by atoms with Crippen molar-refractivity contribution in [1.82, 2.24) is 10.3 Å². The summed E-state index contributed by atoms with van der Waals surface area (Å²) in [6.45, 7) is 1.96. The van der Waals surface area contributed by atoms with Gasteiger partial charge < -0.3 is 19.5 Å². The molecule has 2 aromatic rings. The van der Waals surface area contributed by atoms with Gasteiger partial charge in [-0.2, -0.15) is 5.26 Å². The molecule has 10 heteroatoms. The summed E-state index contributed by atoms with van der Waals surface area (Å²) in [5.41, 5.74) is 0.723. The largest absolute Gasteiger partial charge is 0.519 e. The standard InChI is InChI=1S/C19H22N6O3.ClH/c1-11-16(28-19(26)27-11)9-22-17-5-4-14(8-21-17)24-18(23-10-20)25-15-7-12-2-3-13(15)6-12;/h4-5,8,12-13,15H,2-3,6-7,9H2,1H3,(H,21,22)(H2,23,24,25);1H. The second-order valence-corrected chi connectivity index (χ2v) is 7.30. The molecule has 0 aliphatic heterocycles. The molecule has 2 heterocycles. The fraction of sp³-hybridized carbons (Fsp3) is 0.474. The van der Waals surface area contributed by atoms with Crippen molar-refractivity contribution in [3.63, 3.8) is 0 Å². The van der Waals surface area contributed by atoms with E-state index in [1.54, 1.807) is 19.2 Å². The van der Waals surface area contributed by atoms with Crippen LogP contribution in [-0.2, 0) is 6.54 Å². The monoisotopic (exact) mass is 418 g/mol. The van der Waals surface area contributed by atoms with Crippen molar-refractivity contribution in [2.24, 2.45) is 16.8 Å². The van der Waals surface area contributed by atoms with E-state index in [9.17, 15) is 4.79 Å². The van der Waals surface area contributed by atoms with Crippen molar-refractivity contribution in [3.8, 4) is 6.19 Å². The Morgan fingerprint density at radius 3 is 2.79 bits per heavy atom. The number of fused-ring (bicyclic) bond motifs is 2. The number of aliphatic imine (C=N–C) groups is 1. The van der Waals surface area contributed by atoms with Gasteiger partial charge in [0.25, 0.3) is 0 Å². The van der Waals surface area contributed by atoms with Crippen LogP contribution in [0.15, 0.2) is 37.0 Å². The minimum atomic E-state index is -0.714. The SMILES string of the molecule is Cc1oc(=O)oc1CNc1ccc(NC(=NC2CC3CCC2C3)NC#N)cn1.Cl. The van der Waals surface area contributed by atoms with Crippen LogP contribution in [0.25, 0.3) is 0 Å². The van der Waals surface area contributed by atoms with Gasteiger partial charge in [-0.15, -0.1) is 12.4 Å². The first kappa shape index (κ1) is 20.7. The molecule has 0 amide bonds. The van der Waals surface area contributed by atoms with E-state index in [0.29, 0.717) is 35.8 Å². The van der Waals surface area contributed by atoms with Gasteiger partial charge in [0.15, 0.2) is 12.0 Å². The molecule has 2 bridgehead atoms. The maximum Gasteiger partial charge on any atom is 0.519 e. The van der Waals surface area contributed by atoms with Crippen LogP contribution in [0.1, 0.15) is 37.2 Å². The normalized spacial score (nSPS) is 22.6. The fourth-order valence-electron chi connectivity index (χ4n) is 4.10. The Balaban J connectivity index is 0.00000240. The van der Waals surface area contributed by atoms with Gasteiger partial charge in [0.1, 0.15) is 11.6 Å². The van der Waals surface area contributed by atoms with Gasteiger partial charge in [-0.25, -0.2) is 14.8 Å². The van der Waals surface area contributed by atoms with Crippen molar-refractivity contribution >= 4 is 29.9 Å². The second-order valence-electron chi connectivity index (χ2n) is 7.30. The van der Waals surface area contributed by atoms with Crippen LogP contribution in [0.5, 0.6) is 0 Å². The second kappa shape index (κ2) is 9.01. The zero-order valence-corrected chi connectivity index (χ0v) is 16.8. The molecule has 2 aromatic heterocycles. The summed E-state index contributed by atoms with van der Waals surface area (Å²) < 4.78 is 9.77. The minimum Gasteiger partial charge on any atom is -0.396 e. The lowest BCUT2D eigenvalue weighted by atomic mass is 9.96. The summed E-state index contributed by atoms with van der Waals surface area (Å²) >= 11 is 0. The van der Waals surface area contributed by atoms with Crippen molar-refractivity contribution in [1.29, 1.82) is 5.26 Å². The minimum absolute atomic E-state index is 0. The molecule has 2 aliphatic rings. The highest BCUT2D eigenvalue weighted by molar-refractivity contribution is 5.94. The number of pyridine rings is 1. The number of aryl methyl sites for hydroxylation is 1. The first-order chi connectivity index (χ1) is 13.6. The zero-order valence-electron chi connectivity index (χ0n) is 16.0. The average Bonchev–Trinajstić information content (AvgIpc) is 3.37. The van der Waals surface area contributed by atoms with Gasteiger partial charge in [-0.1, -0.05) is 6.42 Å². The number of guanidine groups is 1. The molecule has 2 aliphatic carbocycles. The molecule has 0 saturated heterocycles. The summed E-state index contributed by atoms with van der Waals surface area (Å²) in [5.74, 6) is 2.67. The van der Waals surface area contributed by atoms with Crippen molar-refractivity contribution < 1.29 is 8.83 Å². The van der Waals surface area contributed by atoms with Crippen molar-refractivity contribution in [3.05, 3.63) is 40.5 Å². The number of hydrogen-bond acceptors (Lipinski definition) is 7. The number of rotatable bonds is 5. The molecule has 2 fully saturated rings. The highest BCUT2D eigenvalue weighted by atomic mass is 35.5. The molecule has 29 heavy (non-hydrogen) atoms. The first-order valence-electron chi connectivity index (χ1n) is 9.40. The summed E-state index contributed by atoms with van der Waals surface area (Å²) in [4.78, 5) is 20.1. The van der Waals surface area contributed by atoms with Gasteiger partial charge in [0.2, 0.25) is 5.96 Å². The lowest BCUT2D eigenvalue weighted by Crippen LogP contribution is -2.30. The topological polar surface area (TPSA) is 128 Å². The van der Waals surface area contributed by atoms with E-state index in [2.05, 4.69) is 20.9 Å². The van der Waals surface area contributed by atoms with Gasteiger partial charge in [0, 0.05) is 0 Å². The Morgan fingerprint density at radius 2 is 2.21 bits per heavy atom. The Hall–Kier alpha value is -2.99. The molecular weight excluding hydrogens is 396 g/mol. The predicted molar refractivity (Wildman–Crippen MR) is 110 cm³/mol. The van der Waals surface area contributed by atoms with Gasteiger partial charge in [-0.05, 0) is 50.2 Å². The lowest BCUT2D eigenvalue weighted by molar-refractivity contribution is 0.370. The zero-order chi connectivity index (χ0) is 19.5. The van der Waals surface area contributed by atoms with E-state index in [1.807, 2.05) is 12.3 Å². The third kappa shape index (κ3) is 4.90. The Kier molecular flexibility index (Phi) is 6.44. The summed E-state index contributed by atoms with van der Waals surface area (Å²) in [5, 5.41) is 17.9. The number of anilines is 2. The maximum atomic E-state index is 11.1. The summed E-state index contributed by atoms with van der Waals surface area (Å²) in [7, 11) is 0. The lowest BCUT2D eigenvalue weighted by Gasteiger charge is -2.19. The van der Waals surface area contributed by atoms with Crippen LogP contribution in [0.4, 0.5) is 11.5 Å². The van der Waals surface area contributed by atoms with E-state index < -0.39 is 5.82 Å². The molecule has 2 saturated carbocycles. The highest BCUT2D eigenvalue weighted by Crippen LogP contribution is 2.45. The number of nitriles is 1. The molecule has 154 valence electrons. The molecule has 0 radical (unpaired) electrons. The molecule has 0 spiro atoms. The fourth-order valence-corrected chi connectivity index (χ4v) is 4.10. The molecule has 3 atom stereocenters. The van der Waals surface area contributed by atoms with Crippen LogP contribution in [0.2, 0.25) is 0 Å².